The Hall–Kier alpha value is -3.20. The molecular formula is C18H17N5O3S. The van der Waals surface area contributed by atoms with Crippen LogP contribution in [0.4, 0.5) is 5.69 Å². The summed E-state index contributed by atoms with van der Waals surface area (Å²) < 4.78 is 2.06. The second-order valence-electron chi connectivity index (χ2n) is 5.56. The van der Waals surface area contributed by atoms with Gasteiger partial charge >= 0.3 is 0 Å². The molecule has 0 spiro atoms. The molecule has 0 fully saturated rings. The van der Waals surface area contributed by atoms with E-state index < -0.39 is 4.92 Å². The summed E-state index contributed by atoms with van der Waals surface area (Å²) in [6, 6.07) is 13.7. The Bertz CT molecular complexity index is 998. The van der Waals surface area contributed by atoms with E-state index in [9.17, 15) is 14.9 Å². The van der Waals surface area contributed by atoms with Crippen molar-refractivity contribution in [2.75, 3.05) is 5.75 Å². The van der Waals surface area contributed by atoms with Crippen molar-refractivity contribution in [2.24, 2.45) is 5.10 Å². The van der Waals surface area contributed by atoms with Gasteiger partial charge in [-0.15, -0.1) is 0 Å². The number of non-ortho nitro benzene ring substituents is 1. The van der Waals surface area contributed by atoms with E-state index in [0.29, 0.717) is 5.56 Å². The van der Waals surface area contributed by atoms with Gasteiger partial charge in [0.2, 0.25) is 0 Å². The molecule has 3 rings (SSSR count). The molecule has 3 aromatic rings. The molecule has 0 unspecified atom stereocenters. The number of para-hydroxylation sites is 2. The number of hydrazone groups is 1. The predicted molar refractivity (Wildman–Crippen MR) is 105 cm³/mol. The van der Waals surface area contributed by atoms with Crippen LogP contribution in [0, 0.1) is 10.1 Å². The normalized spacial score (nSPS) is 11.1. The Morgan fingerprint density at radius 1 is 1.30 bits per heavy atom. The predicted octanol–water partition coefficient (Wildman–Crippen LogP) is 3.21. The van der Waals surface area contributed by atoms with Gasteiger partial charge in [-0.3, -0.25) is 14.9 Å². The van der Waals surface area contributed by atoms with E-state index in [2.05, 4.69) is 20.1 Å². The number of hydrogen-bond donors (Lipinski definition) is 1. The minimum atomic E-state index is -0.469. The molecule has 0 saturated carbocycles. The minimum absolute atomic E-state index is 0.00592. The van der Waals surface area contributed by atoms with Crippen molar-refractivity contribution < 1.29 is 9.72 Å². The SMILES string of the molecule is CCn1c(SCC(=O)N/N=C/c2ccc([N+](=O)[O-])cc2)nc2ccccc21. The molecule has 0 aliphatic rings. The monoisotopic (exact) mass is 383 g/mol. The lowest BCUT2D eigenvalue weighted by Crippen LogP contribution is -2.20. The molecule has 27 heavy (non-hydrogen) atoms. The first-order valence-electron chi connectivity index (χ1n) is 8.23. The third kappa shape index (κ3) is 4.50. The fourth-order valence-electron chi connectivity index (χ4n) is 2.49. The quantitative estimate of drug-likeness (QED) is 0.292. The molecule has 8 nitrogen and oxygen atoms in total. The fourth-order valence-corrected chi connectivity index (χ4v) is 3.36. The topological polar surface area (TPSA) is 102 Å². The summed E-state index contributed by atoms with van der Waals surface area (Å²) in [4.78, 5) is 26.7. The van der Waals surface area contributed by atoms with Crippen molar-refractivity contribution in [1.82, 2.24) is 15.0 Å². The Kier molecular flexibility index (Phi) is 5.82. The van der Waals surface area contributed by atoms with Crippen molar-refractivity contribution in [3.8, 4) is 0 Å². The van der Waals surface area contributed by atoms with Gasteiger partial charge < -0.3 is 4.57 Å². The molecule has 2 aromatic carbocycles. The van der Waals surface area contributed by atoms with Gasteiger partial charge in [0.15, 0.2) is 5.16 Å². The zero-order chi connectivity index (χ0) is 19.2. The van der Waals surface area contributed by atoms with Gasteiger partial charge in [0, 0.05) is 18.7 Å². The van der Waals surface area contributed by atoms with Gasteiger partial charge in [0.25, 0.3) is 11.6 Å². The van der Waals surface area contributed by atoms with Crippen LogP contribution in [-0.4, -0.2) is 32.3 Å². The molecule has 1 N–H and O–H groups in total. The van der Waals surface area contributed by atoms with Crippen LogP contribution < -0.4 is 5.43 Å². The maximum Gasteiger partial charge on any atom is 0.269 e. The Morgan fingerprint density at radius 2 is 2.04 bits per heavy atom. The summed E-state index contributed by atoms with van der Waals surface area (Å²) in [5.74, 6) is -0.0751. The summed E-state index contributed by atoms with van der Waals surface area (Å²) in [6.07, 6.45) is 1.44. The van der Waals surface area contributed by atoms with Crippen LogP contribution in [0.1, 0.15) is 12.5 Å². The van der Waals surface area contributed by atoms with Crippen LogP contribution in [0.25, 0.3) is 11.0 Å². The van der Waals surface area contributed by atoms with Gasteiger partial charge in [0.1, 0.15) is 0 Å². The number of amides is 1. The highest BCUT2D eigenvalue weighted by Gasteiger charge is 2.11. The van der Waals surface area contributed by atoms with Crippen molar-refractivity contribution in [2.45, 2.75) is 18.6 Å². The number of thioether (sulfide) groups is 1. The van der Waals surface area contributed by atoms with E-state index in [4.69, 9.17) is 0 Å². The molecule has 1 aromatic heterocycles. The first kappa shape index (κ1) is 18.6. The van der Waals surface area contributed by atoms with E-state index in [1.807, 2.05) is 31.2 Å². The van der Waals surface area contributed by atoms with E-state index in [-0.39, 0.29) is 17.3 Å². The number of rotatable bonds is 7. The van der Waals surface area contributed by atoms with Crippen LogP contribution in [-0.2, 0) is 11.3 Å². The average molecular weight is 383 g/mol. The summed E-state index contributed by atoms with van der Waals surface area (Å²) in [5, 5.41) is 15.3. The summed E-state index contributed by atoms with van der Waals surface area (Å²) in [6.45, 7) is 2.80. The third-order valence-electron chi connectivity index (χ3n) is 3.77. The first-order chi connectivity index (χ1) is 13.1. The molecule has 0 atom stereocenters. The number of benzene rings is 2. The lowest BCUT2D eigenvalue weighted by molar-refractivity contribution is -0.384. The van der Waals surface area contributed by atoms with Gasteiger partial charge in [-0.05, 0) is 36.8 Å². The zero-order valence-corrected chi connectivity index (χ0v) is 15.3. The van der Waals surface area contributed by atoms with Gasteiger partial charge in [-0.2, -0.15) is 5.10 Å². The van der Waals surface area contributed by atoms with Crippen molar-refractivity contribution in [3.05, 3.63) is 64.2 Å². The smallest absolute Gasteiger partial charge is 0.269 e. The third-order valence-corrected chi connectivity index (χ3v) is 4.75. The van der Waals surface area contributed by atoms with E-state index in [1.165, 1.54) is 30.1 Å². The Balaban J connectivity index is 1.56. The second-order valence-corrected chi connectivity index (χ2v) is 6.50. The van der Waals surface area contributed by atoms with E-state index >= 15 is 0 Å². The number of nitrogens with zero attached hydrogens (tertiary/aromatic N) is 4. The molecule has 0 saturated heterocycles. The molecule has 138 valence electrons. The molecule has 0 aliphatic carbocycles. The van der Waals surface area contributed by atoms with Crippen molar-refractivity contribution in [3.63, 3.8) is 0 Å². The summed E-state index contributed by atoms with van der Waals surface area (Å²) in [5.41, 5.74) is 5.05. The molecule has 1 amide bonds. The zero-order valence-electron chi connectivity index (χ0n) is 14.5. The number of aryl methyl sites for hydroxylation is 1. The van der Waals surface area contributed by atoms with Crippen LogP contribution >= 0.6 is 11.8 Å². The van der Waals surface area contributed by atoms with Gasteiger partial charge in [-0.1, -0.05) is 23.9 Å². The molecule has 1 heterocycles. The minimum Gasteiger partial charge on any atom is -0.319 e. The maximum absolute atomic E-state index is 12.0. The van der Waals surface area contributed by atoms with Crippen molar-refractivity contribution >= 4 is 40.6 Å². The van der Waals surface area contributed by atoms with E-state index in [1.54, 1.807) is 12.1 Å². The number of nitrogens with one attached hydrogen (secondary N) is 1. The molecule has 0 bridgehead atoms. The van der Waals surface area contributed by atoms with Crippen LogP contribution in [0.3, 0.4) is 0 Å². The lowest BCUT2D eigenvalue weighted by atomic mass is 10.2. The van der Waals surface area contributed by atoms with Gasteiger partial charge in [-0.25, -0.2) is 10.4 Å². The van der Waals surface area contributed by atoms with Crippen molar-refractivity contribution in [1.29, 1.82) is 0 Å². The summed E-state index contributed by atoms with van der Waals surface area (Å²) >= 11 is 1.35. The number of nitro benzene ring substituents is 1. The largest absolute Gasteiger partial charge is 0.319 e. The number of nitro groups is 1. The number of imidazole rings is 1. The highest BCUT2D eigenvalue weighted by molar-refractivity contribution is 7.99. The lowest BCUT2D eigenvalue weighted by Gasteiger charge is -2.04. The Labute approximate surface area is 159 Å². The standard InChI is InChI=1S/C18H17N5O3S/c1-2-22-16-6-4-3-5-15(16)20-18(22)27-12-17(24)21-19-11-13-7-9-14(10-8-13)23(25)26/h3-11H,2,12H2,1H3,(H,21,24)/b19-11+. The highest BCUT2D eigenvalue weighted by atomic mass is 32.2. The fraction of sp³-hybridized carbons (Fsp3) is 0.167. The second kappa shape index (κ2) is 8.45. The molecule has 9 heteroatoms. The van der Waals surface area contributed by atoms with Crippen LogP contribution in [0.2, 0.25) is 0 Å². The first-order valence-corrected chi connectivity index (χ1v) is 9.21. The highest BCUT2D eigenvalue weighted by Crippen LogP contribution is 2.23. The number of aromatic nitrogens is 2. The number of carbonyl (C=O) groups is 1. The van der Waals surface area contributed by atoms with E-state index in [0.717, 1.165) is 22.7 Å². The number of carbonyl (C=O) groups excluding carboxylic acids is 1. The summed E-state index contributed by atoms with van der Waals surface area (Å²) in [7, 11) is 0. The average Bonchev–Trinajstić information content (AvgIpc) is 3.04. The molecule has 0 aliphatic heterocycles. The van der Waals surface area contributed by atoms with Gasteiger partial charge in [0.05, 0.1) is 27.9 Å². The van der Waals surface area contributed by atoms with Crippen LogP contribution in [0.5, 0.6) is 0 Å². The maximum atomic E-state index is 12.0. The number of hydrogen-bond acceptors (Lipinski definition) is 6. The Morgan fingerprint density at radius 3 is 2.74 bits per heavy atom. The molecular weight excluding hydrogens is 366 g/mol. The number of fused-ring (bicyclic) bond motifs is 1. The molecule has 0 radical (unpaired) electrons. The van der Waals surface area contributed by atoms with Crippen LogP contribution in [0.15, 0.2) is 58.8 Å².